The van der Waals surface area contributed by atoms with Gasteiger partial charge in [-0.3, -0.25) is 0 Å². The second-order valence-corrected chi connectivity index (χ2v) is 3.75. The molecule has 0 aliphatic carbocycles. The highest BCUT2D eigenvalue weighted by molar-refractivity contribution is 6.32. The van der Waals surface area contributed by atoms with Crippen LogP contribution < -0.4 is 10.5 Å². The first-order chi connectivity index (χ1) is 8.08. The topological polar surface area (TPSA) is 61.0 Å². The summed E-state index contributed by atoms with van der Waals surface area (Å²) in [6, 6.07) is 4.47. The lowest BCUT2D eigenvalue weighted by Crippen LogP contribution is -1.97. The van der Waals surface area contributed by atoms with Crippen LogP contribution in [0.2, 0.25) is 5.15 Å². The molecule has 0 saturated carbocycles. The standard InChI is InChI=1S/C11H9ClFN3O/c1-6-2-3-7(4-8(6)13)17-11-9(14)10(12)15-5-16-11/h2-5H,14H2,1H3. The van der Waals surface area contributed by atoms with Gasteiger partial charge in [-0.25, -0.2) is 9.37 Å². The number of hydrogen-bond donors (Lipinski definition) is 1. The number of hydrogen-bond acceptors (Lipinski definition) is 4. The van der Waals surface area contributed by atoms with Crippen LogP contribution in [0.15, 0.2) is 24.5 Å². The largest absolute Gasteiger partial charge is 0.437 e. The van der Waals surface area contributed by atoms with E-state index >= 15 is 0 Å². The van der Waals surface area contributed by atoms with Gasteiger partial charge in [-0.1, -0.05) is 17.7 Å². The molecule has 2 N–H and O–H groups in total. The van der Waals surface area contributed by atoms with Gasteiger partial charge in [0.1, 0.15) is 23.6 Å². The van der Waals surface area contributed by atoms with Gasteiger partial charge in [0.15, 0.2) is 5.15 Å². The number of nitrogens with two attached hydrogens (primary N) is 1. The summed E-state index contributed by atoms with van der Waals surface area (Å²) >= 11 is 5.71. The van der Waals surface area contributed by atoms with E-state index in [4.69, 9.17) is 22.1 Å². The quantitative estimate of drug-likeness (QED) is 0.836. The minimum absolute atomic E-state index is 0.0996. The minimum atomic E-state index is -0.360. The fourth-order valence-corrected chi connectivity index (χ4v) is 1.31. The smallest absolute Gasteiger partial charge is 0.247 e. The van der Waals surface area contributed by atoms with Gasteiger partial charge >= 0.3 is 0 Å². The first-order valence-electron chi connectivity index (χ1n) is 4.78. The van der Waals surface area contributed by atoms with E-state index < -0.39 is 0 Å². The molecule has 0 unspecified atom stereocenters. The highest BCUT2D eigenvalue weighted by atomic mass is 35.5. The van der Waals surface area contributed by atoms with Gasteiger partial charge in [-0.15, -0.1) is 0 Å². The minimum Gasteiger partial charge on any atom is -0.437 e. The molecule has 88 valence electrons. The molecule has 0 aliphatic heterocycles. The second-order valence-electron chi connectivity index (χ2n) is 3.40. The number of nitrogen functional groups attached to an aromatic ring is 1. The van der Waals surface area contributed by atoms with Crippen molar-refractivity contribution in [3.05, 3.63) is 41.1 Å². The van der Waals surface area contributed by atoms with E-state index in [1.165, 1.54) is 12.4 Å². The number of ether oxygens (including phenoxy) is 1. The third-order valence-corrected chi connectivity index (χ3v) is 2.46. The third-order valence-electron chi connectivity index (χ3n) is 2.16. The first kappa shape index (κ1) is 11.6. The molecule has 0 spiro atoms. The van der Waals surface area contributed by atoms with E-state index in [1.807, 2.05) is 0 Å². The van der Waals surface area contributed by atoms with Crippen molar-refractivity contribution in [2.45, 2.75) is 6.92 Å². The molecule has 1 aromatic carbocycles. The maximum absolute atomic E-state index is 13.3. The molecule has 0 fully saturated rings. The number of benzene rings is 1. The third kappa shape index (κ3) is 2.45. The number of nitrogens with zero attached hydrogens (tertiary/aromatic N) is 2. The van der Waals surface area contributed by atoms with Gasteiger partial charge in [0, 0.05) is 6.07 Å². The van der Waals surface area contributed by atoms with Gasteiger partial charge in [0.2, 0.25) is 5.88 Å². The molecule has 2 aromatic rings. The van der Waals surface area contributed by atoms with Gasteiger partial charge < -0.3 is 10.5 Å². The number of rotatable bonds is 2. The molecule has 0 amide bonds. The lowest BCUT2D eigenvalue weighted by atomic mass is 10.2. The maximum atomic E-state index is 13.3. The normalized spacial score (nSPS) is 10.3. The van der Waals surface area contributed by atoms with E-state index in [1.54, 1.807) is 19.1 Å². The number of aromatic nitrogens is 2. The highest BCUT2D eigenvalue weighted by Crippen LogP contribution is 2.29. The summed E-state index contributed by atoms with van der Waals surface area (Å²) in [6.45, 7) is 1.66. The number of halogens is 2. The zero-order chi connectivity index (χ0) is 12.4. The van der Waals surface area contributed by atoms with Crippen LogP contribution in [-0.4, -0.2) is 9.97 Å². The van der Waals surface area contributed by atoms with Crippen molar-refractivity contribution in [1.29, 1.82) is 0 Å². The van der Waals surface area contributed by atoms with Crippen LogP contribution in [0.1, 0.15) is 5.56 Å². The Morgan fingerprint density at radius 2 is 2.12 bits per heavy atom. The Balaban J connectivity index is 2.31. The Labute approximate surface area is 102 Å². The summed E-state index contributed by atoms with van der Waals surface area (Å²) < 4.78 is 18.6. The molecule has 0 atom stereocenters. The van der Waals surface area contributed by atoms with Crippen molar-refractivity contribution >= 4 is 17.3 Å². The maximum Gasteiger partial charge on any atom is 0.247 e. The zero-order valence-electron chi connectivity index (χ0n) is 8.95. The average molecular weight is 254 g/mol. The van der Waals surface area contributed by atoms with E-state index in [2.05, 4.69) is 9.97 Å². The fourth-order valence-electron chi connectivity index (χ4n) is 1.19. The SMILES string of the molecule is Cc1ccc(Oc2ncnc(Cl)c2N)cc1F. The van der Waals surface area contributed by atoms with Crippen molar-refractivity contribution in [3.8, 4) is 11.6 Å². The molecule has 0 saturated heterocycles. The predicted octanol–water partition coefficient (Wildman–Crippen LogP) is 2.95. The predicted molar refractivity (Wildman–Crippen MR) is 62.7 cm³/mol. The first-order valence-corrected chi connectivity index (χ1v) is 5.15. The summed E-state index contributed by atoms with van der Waals surface area (Å²) in [5.41, 5.74) is 6.28. The lowest BCUT2D eigenvalue weighted by molar-refractivity contribution is 0.459. The Morgan fingerprint density at radius 3 is 2.82 bits per heavy atom. The monoisotopic (exact) mass is 253 g/mol. The molecule has 1 heterocycles. The van der Waals surface area contributed by atoms with Crippen LogP contribution in [0.4, 0.5) is 10.1 Å². The average Bonchev–Trinajstić information content (AvgIpc) is 2.30. The summed E-state index contributed by atoms with van der Waals surface area (Å²) in [4.78, 5) is 7.51. The number of aryl methyl sites for hydroxylation is 1. The Kier molecular flexibility index (Phi) is 3.10. The zero-order valence-corrected chi connectivity index (χ0v) is 9.70. The molecule has 0 bridgehead atoms. The van der Waals surface area contributed by atoms with Crippen LogP contribution in [0.25, 0.3) is 0 Å². The second kappa shape index (κ2) is 4.55. The molecular formula is C11H9ClFN3O. The van der Waals surface area contributed by atoms with E-state index in [-0.39, 0.29) is 22.5 Å². The summed E-state index contributed by atoms with van der Waals surface area (Å²) in [5.74, 6) is 0.0454. The Bertz CT molecular complexity index is 562. The van der Waals surface area contributed by atoms with Crippen molar-refractivity contribution in [1.82, 2.24) is 9.97 Å². The Morgan fingerprint density at radius 1 is 1.35 bits per heavy atom. The fraction of sp³-hybridized carbons (Fsp3) is 0.0909. The van der Waals surface area contributed by atoms with Crippen LogP contribution in [0.5, 0.6) is 11.6 Å². The van der Waals surface area contributed by atoms with Crippen molar-refractivity contribution in [2.75, 3.05) is 5.73 Å². The highest BCUT2D eigenvalue weighted by Gasteiger charge is 2.09. The molecule has 0 aliphatic rings. The van der Waals surface area contributed by atoms with Crippen LogP contribution in [0, 0.1) is 12.7 Å². The molecule has 2 rings (SSSR count). The van der Waals surface area contributed by atoms with Crippen molar-refractivity contribution in [2.24, 2.45) is 0 Å². The van der Waals surface area contributed by atoms with Crippen molar-refractivity contribution in [3.63, 3.8) is 0 Å². The van der Waals surface area contributed by atoms with Crippen molar-refractivity contribution < 1.29 is 9.13 Å². The van der Waals surface area contributed by atoms with Gasteiger partial charge in [0.05, 0.1) is 0 Å². The molecule has 6 heteroatoms. The van der Waals surface area contributed by atoms with E-state index in [9.17, 15) is 4.39 Å². The van der Waals surface area contributed by atoms with Gasteiger partial charge in [0.25, 0.3) is 0 Å². The van der Waals surface area contributed by atoms with Crippen LogP contribution >= 0.6 is 11.6 Å². The van der Waals surface area contributed by atoms with Gasteiger partial charge in [-0.2, -0.15) is 4.98 Å². The van der Waals surface area contributed by atoms with E-state index in [0.717, 1.165) is 0 Å². The van der Waals surface area contributed by atoms with E-state index in [0.29, 0.717) is 11.3 Å². The molecule has 17 heavy (non-hydrogen) atoms. The summed E-state index contributed by atoms with van der Waals surface area (Å²) in [5, 5.41) is 0.0996. The molecular weight excluding hydrogens is 245 g/mol. The Hall–Kier alpha value is -1.88. The molecule has 0 radical (unpaired) electrons. The van der Waals surface area contributed by atoms with Gasteiger partial charge in [-0.05, 0) is 18.6 Å². The lowest BCUT2D eigenvalue weighted by Gasteiger charge is -2.08. The summed E-state index contributed by atoms with van der Waals surface area (Å²) in [6.07, 6.45) is 1.22. The molecule has 1 aromatic heterocycles. The summed E-state index contributed by atoms with van der Waals surface area (Å²) in [7, 11) is 0. The van der Waals surface area contributed by atoms with Crippen LogP contribution in [-0.2, 0) is 0 Å². The number of anilines is 1. The molecule has 4 nitrogen and oxygen atoms in total. The van der Waals surface area contributed by atoms with Crippen LogP contribution in [0.3, 0.4) is 0 Å².